The fourth-order valence-electron chi connectivity index (χ4n) is 9.87. The summed E-state index contributed by atoms with van der Waals surface area (Å²) in [5, 5.41) is 12.5. The van der Waals surface area contributed by atoms with Crippen LogP contribution in [0.25, 0.3) is 28.8 Å². The van der Waals surface area contributed by atoms with Gasteiger partial charge in [0.05, 0.1) is 17.1 Å². The molecule has 0 aliphatic heterocycles. The molecule has 0 saturated heterocycles. The highest BCUT2D eigenvalue weighted by Gasteiger charge is 2.32. The number of fused-ring (bicyclic) bond motifs is 4. The van der Waals surface area contributed by atoms with Crippen LogP contribution in [0.1, 0.15) is 101 Å². The van der Waals surface area contributed by atoms with Crippen LogP contribution >= 0.6 is 0 Å². The van der Waals surface area contributed by atoms with Crippen molar-refractivity contribution in [3.8, 4) is 5.75 Å². The molecule has 0 amide bonds. The third-order valence-corrected chi connectivity index (χ3v) is 12.8. The second-order valence-electron chi connectivity index (χ2n) is 18.3. The molecule has 1 heterocycles. The van der Waals surface area contributed by atoms with Gasteiger partial charge in [-0.2, -0.15) is 0 Å². The third-order valence-electron chi connectivity index (χ3n) is 12.8. The monoisotopic (exact) mass is 880 g/mol. The number of rotatable bonds is 10. The first-order valence-corrected chi connectivity index (χ1v) is 23.7. The average Bonchev–Trinajstić information content (AvgIpc) is 3.55. The van der Waals surface area contributed by atoms with E-state index in [1.54, 1.807) is 12.1 Å². The molecule has 0 saturated carbocycles. The molecule has 1 N–H and O–H groups in total. The van der Waals surface area contributed by atoms with Gasteiger partial charge in [-0.25, -0.2) is 0 Å². The SMILES string of the molecule is C=C/C=C\C(C)=C/CC.Cc1cc(C)cc(CN(c2ccccc2O)c2ccc3c4c2C=CC=CC=C(N(C2=CC[C@@H](C)c5c2oc2c(C)cccc52)c2cc(C)cc(C)c2)C(=CC4)C=C3)c1. The summed E-state index contributed by atoms with van der Waals surface area (Å²) in [6.07, 6.45) is 31.0. The van der Waals surface area contributed by atoms with Gasteiger partial charge in [0.1, 0.15) is 11.3 Å². The summed E-state index contributed by atoms with van der Waals surface area (Å²) in [4.78, 5) is 4.69. The summed E-state index contributed by atoms with van der Waals surface area (Å²) >= 11 is 0. The molecule has 5 aromatic carbocycles. The number of aryl methyl sites for hydroxylation is 5. The van der Waals surface area contributed by atoms with Crippen molar-refractivity contribution >= 4 is 45.9 Å². The lowest BCUT2D eigenvalue weighted by Gasteiger charge is -2.33. The summed E-state index contributed by atoms with van der Waals surface area (Å²) < 4.78 is 6.92. The quantitative estimate of drug-likeness (QED) is 0.139. The minimum absolute atomic E-state index is 0.256. The largest absolute Gasteiger partial charge is 0.506 e. The molecule has 1 aromatic heterocycles. The average molecular weight is 881 g/mol. The third kappa shape index (κ3) is 10.1. The highest BCUT2D eigenvalue weighted by molar-refractivity contribution is 5.95. The molecule has 0 unspecified atom stereocenters. The number of hydrogen-bond donors (Lipinski definition) is 1. The summed E-state index contributed by atoms with van der Waals surface area (Å²) in [5.41, 5.74) is 20.6. The van der Waals surface area contributed by atoms with Gasteiger partial charge in [0, 0.05) is 34.4 Å². The van der Waals surface area contributed by atoms with Gasteiger partial charge in [0.2, 0.25) is 0 Å². The number of phenols is 1. The van der Waals surface area contributed by atoms with Crippen molar-refractivity contribution in [1.82, 2.24) is 0 Å². The first kappa shape index (κ1) is 46.2. The van der Waals surface area contributed by atoms with Crippen LogP contribution in [0.3, 0.4) is 0 Å². The van der Waals surface area contributed by atoms with E-state index in [1.165, 1.54) is 55.5 Å². The van der Waals surface area contributed by atoms with Gasteiger partial charge < -0.3 is 19.3 Å². The van der Waals surface area contributed by atoms with Gasteiger partial charge in [-0.1, -0.05) is 171 Å². The maximum atomic E-state index is 11.3. The number of aromatic hydroxyl groups is 1. The predicted octanol–water partition coefficient (Wildman–Crippen LogP) is 17.1. The molecule has 3 aliphatic rings. The molecule has 4 nitrogen and oxygen atoms in total. The number of hydrogen-bond acceptors (Lipinski definition) is 4. The van der Waals surface area contributed by atoms with E-state index in [2.05, 4.69) is 205 Å². The number of allylic oxidation sites excluding steroid dienone is 12. The van der Waals surface area contributed by atoms with Gasteiger partial charge >= 0.3 is 0 Å². The smallest absolute Gasteiger partial charge is 0.155 e. The Morgan fingerprint density at radius 2 is 1.54 bits per heavy atom. The fourth-order valence-corrected chi connectivity index (χ4v) is 9.87. The Kier molecular flexibility index (Phi) is 14.1. The van der Waals surface area contributed by atoms with Gasteiger partial charge in [-0.3, -0.25) is 0 Å². The minimum Gasteiger partial charge on any atom is -0.506 e. The van der Waals surface area contributed by atoms with Crippen molar-refractivity contribution in [2.45, 2.75) is 87.1 Å². The maximum Gasteiger partial charge on any atom is 0.155 e. The van der Waals surface area contributed by atoms with Crippen LogP contribution in [-0.4, -0.2) is 5.11 Å². The van der Waals surface area contributed by atoms with Crippen LogP contribution in [0.15, 0.2) is 186 Å². The molecule has 67 heavy (non-hydrogen) atoms. The number of anilines is 3. The number of phenolic OH excluding ortho intramolecular Hbond substituents is 1. The lowest BCUT2D eigenvalue weighted by atomic mass is 9.88. The van der Waals surface area contributed by atoms with E-state index in [-0.39, 0.29) is 5.75 Å². The Morgan fingerprint density at radius 3 is 2.27 bits per heavy atom. The van der Waals surface area contributed by atoms with Crippen LogP contribution in [-0.2, 0) is 13.0 Å². The summed E-state index contributed by atoms with van der Waals surface area (Å²) in [6.45, 7) is 21.5. The molecule has 0 radical (unpaired) electrons. The second kappa shape index (κ2) is 20.5. The van der Waals surface area contributed by atoms with Crippen LogP contribution in [0.4, 0.5) is 17.1 Å². The van der Waals surface area contributed by atoms with Crippen molar-refractivity contribution < 1.29 is 9.52 Å². The molecule has 338 valence electrons. The second-order valence-corrected chi connectivity index (χ2v) is 18.3. The Labute approximate surface area is 399 Å². The normalized spacial score (nSPS) is 15.3. The predicted molar refractivity (Wildman–Crippen MR) is 287 cm³/mol. The Hall–Kier alpha value is -7.30. The van der Waals surface area contributed by atoms with E-state index in [1.807, 2.05) is 24.3 Å². The van der Waals surface area contributed by atoms with E-state index < -0.39 is 0 Å². The number of benzene rings is 5. The molecular formula is C63H64N2O2. The van der Waals surface area contributed by atoms with Crippen molar-refractivity contribution in [3.05, 3.63) is 243 Å². The zero-order valence-corrected chi connectivity index (χ0v) is 40.5. The maximum absolute atomic E-state index is 11.3. The van der Waals surface area contributed by atoms with Crippen LogP contribution in [0.2, 0.25) is 0 Å². The zero-order chi connectivity index (χ0) is 47.2. The van der Waals surface area contributed by atoms with Crippen molar-refractivity contribution in [2.24, 2.45) is 0 Å². The molecule has 1 atom stereocenters. The van der Waals surface area contributed by atoms with Gasteiger partial charge in [-0.05, 0) is 142 Å². The molecule has 3 aliphatic carbocycles. The lowest BCUT2D eigenvalue weighted by molar-refractivity contribution is 0.475. The number of nitrogens with zero attached hydrogens (tertiary/aromatic N) is 2. The molecule has 0 fully saturated rings. The first-order valence-electron chi connectivity index (χ1n) is 23.7. The molecule has 4 heteroatoms. The minimum atomic E-state index is 0.256. The van der Waals surface area contributed by atoms with E-state index in [9.17, 15) is 5.11 Å². The van der Waals surface area contributed by atoms with Crippen LogP contribution < -0.4 is 9.80 Å². The molecule has 0 spiro atoms. The van der Waals surface area contributed by atoms with E-state index in [4.69, 9.17) is 4.42 Å². The highest BCUT2D eigenvalue weighted by atomic mass is 16.3. The lowest BCUT2D eigenvalue weighted by Crippen LogP contribution is -2.24. The van der Waals surface area contributed by atoms with E-state index in [0.29, 0.717) is 12.5 Å². The fraction of sp³-hybridized carbons (Fsp3) is 0.206. The van der Waals surface area contributed by atoms with Crippen molar-refractivity contribution in [1.29, 1.82) is 0 Å². The Morgan fingerprint density at radius 1 is 0.791 bits per heavy atom. The first-order chi connectivity index (χ1) is 32.4. The van der Waals surface area contributed by atoms with Gasteiger partial charge in [0.25, 0.3) is 0 Å². The summed E-state index contributed by atoms with van der Waals surface area (Å²) in [6, 6.07) is 32.2. The molecule has 9 rings (SSSR count). The molecular weight excluding hydrogens is 817 g/mol. The van der Waals surface area contributed by atoms with Crippen LogP contribution in [0.5, 0.6) is 5.75 Å². The number of furan rings is 1. The Bertz CT molecular complexity index is 3060. The standard InChI is InChI=1S/C54H50N2O2.C9H14/c1-34-27-35(2)30-40(29-34)33-55(49-17-10-11-18-51(49)57)48-26-23-41-20-21-42-22-24-44(41)45(48)14-8-7-9-16-47(42)56(43-31-36(3)28-37(4)32-43)50-25-19-38(5)52-46-15-12-13-39(6)53(46)58-54(50)52;1-4-6-8-9(3)7-5-2/h7-18,20-23,25-32,38,57H,19,24,33H2,1-6H3;4,6-8H,1,5H2,2-3H3/b;8-6-,9-7-/t38-;/m1./s1. The van der Waals surface area contributed by atoms with E-state index >= 15 is 0 Å². The van der Waals surface area contributed by atoms with Crippen molar-refractivity contribution in [2.75, 3.05) is 9.80 Å². The van der Waals surface area contributed by atoms with Crippen molar-refractivity contribution in [3.63, 3.8) is 0 Å². The van der Waals surface area contributed by atoms with Gasteiger partial charge in [-0.15, -0.1) is 0 Å². The summed E-state index contributed by atoms with van der Waals surface area (Å²) in [5.74, 6) is 1.54. The van der Waals surface area contributed by atoms with E-state index in [0.717, 1.165) is 75.8 Å². The van der Waals surface area contributed by atoms with Gasteiger partial charge in [0.15, 0.2) is 5.76 Å². The molecule has 2 bridgehead atoms. The number of para-hydroxylation sites is 3. The topological polar surface area (TPSA) is 39.9 Å². The summed E-state index contributed by atoms with van der Waals surface area (Å²) in [7, 11) is 0. The van der Waals surface area contributed by atoms with Crippen LogP contribution in [0, 0.1) is 34.6 Å². The zero-order valence-electron chi connectivity index (χ0n) is 40.5. The highest BCUT2D eigenvalue weighted by Crippen LogP contribution is 2.47. The Balaban J connectivity index is 0.000000614. The molecule has 6 aromatic rings.